The van der Waals surface area contributed by atoms with Crippen LogP contribution in [-0.2, 0) is 0 Å². The molecule has 1 aromatic heterocycles. The van der Waals surface area contributed by atoms with Gasteiger partial charge in [-0.1, -0.05) is 13.8 Å². The molecule has 0 amide bonds. The van der Waals surface area contributed by atoms with Gasteiger partial charge in [-0.05, 0) is 43.2 Å². The lowest BCUT2D eigenvalue weighted by Crippen LogP contribution is -2.28. The highest BCUT2D eigenvalue weighted by molar-refractivity contribution is 5.92. The summed E-state index contributed by atoms with van der Waals surface area (Å²) in [6.07, 6.45) is 6.55. The van der Waals surface area contributed by atoms with Gasteiger partial charge in [0.15, 0.2) is 0 Å². The van der Waals surface area contributed by atoms with Crippen LogP contribution in [0.15, 0.2) is 18.3 Å². The van der Waals surface area contributed by atoms with Gasteiger partial charge in [0, 0.05) is 0 Å². The maximum absolute atomic E-state index is 7.28. The Bertz CT molecular complexity index is 415. The van der Waals surface area contributed by atoms with E-state index in [1.807, 2.05) is 6.07 Å². The molecule has 3 N–H and O–H groups in total. The number of rotatable bonds is 3. The number of ether oxygens (including phenoxy) is 1. The second-order valence-corrected chi connectivity index (χ2v) is 5.77. The van der Waals surface area contributed by atoms with Crippen molar-refractivity contribution in [2.45, 2.75) is 45.6 Å². The number of pyridine rings is 1. The van der Waals surface area contributed by atoms with Gasteiger partial charge in [-0.15, -0.1) is 0 Å². The number of amidine groups is 1. The standard InChI is InChI=1S/C14H21N3O/c1-14(2)7-5-10(6-8-14)18-11-3-4-12(13(15)16)17-9-11/h3-4,9-10H,5-8H2,1-2H3,(H3,15,16). The van der Waals surface area contributed by atoms with Gasteiger partial charge in [0.1, 0.15) is 17.3 Å². The first-order valence-electron chi connectivity index (χ1n) is 6.43. The molecule has 0 radical (unpaired) electrons. The van der Waals surface area contributed by atoms with E-state index in [1.165, 1.54) is 12.8 Å². The van der Waals surface area contributed by atoms with Gasteiger partial charge in [-0.2, -0.15) is 0 Å². The van der Waals surface area contributed by atoms with E-state index < -0.39 is 0 Å². The number of hydrogen-bond acceptors (Lipinski definition) is 3. The van der Waals surface area contributed by atoms with Crippen molar-refractivity contribution < 1.29 is 4.74 Å². The van der Waals surface area contributed by atoms with Crippen molar-refractivity contribution in [3.8, 4) is 5.75 Å². The minimum absolute atomic E-state index is 0.0130. The quantitative estimate of drug-likeness (QED) is 0.637. The third-order valence-corrected chi connectivity index (χ3v) is 3.60. The highest BCUT2D eigenvalue weighted by Crippen LogP contribution is 2.36. The van der Waals surface area contributed by atoms with Crippen LogP contribution in [0.3, 0.4) is 0 Å². The summed E-state index contributed by atoms with van der Waals surface area (Å²) in [6.45, 7) is 4.62. The number of nitrogen functional groups attached to an aromatic ring is 1. The van der Waals surface area contributed by atoms with Crippen molar-refractivity contribution in [3.05, 3.63) is 24.0 Å². The largest absolute Gasteiger partial charge is 0.489 e. The van der Waals surface area contributed by atoms with Crippen molar-refractivity contribution in [1.29, 1.82) is 5.41 Å². The smallest absolute Gasteiger partial charge is 0.141 e. The SMILES string of the molecule is CC1(C)CCC(Oc2ccc(C(=N)N)nc2)CC1. The molecule has 1 heterocycles. The minimum Gasteiger partial charge on any atom is -0.489 e. The average molecular weight is 247 g/mol. The van der Waals surface area contributed by atoms with Crippen LogP contribution in [-0.4, -0.2) is 16.9 Å². The molecule has 0 aromatic carbocycles. The monoisotopic (exact) mass is 247 g/mol. The van der Waals surface area contributed by atoms with Crippen LogP contribution in [0, 0.1) is 10.8 Å². The number of nitrogens with one attached hydrogen (secondary N) is 1. The molecule has 0 spiro atoms. The Labute approximate surface area is 108 Å². The zero-order chi connectivity index (χ0) is 13.2. The summed E-state index contributed by atoms with van der Waals surface area (Å²) in [5.74, 6) is 0.755. The molecule has 0 bridgehead atoms. The molecule has 1 saturated carbocycles. The van der Waals surface area contributed by atoms with E-state index in [2.05, 4.69) is 18.8 Å². The summed E-state index contributed by atoms with van der Waals surface area (Å²) < 4.78 is 5.91. The molecular weight excluding hydrogens is 226 g/mol. The molecule has 0 aliphatic heterocycles. The highest BCUT2D eigenvalue weighted by Gasteiger charge is 2.27. The second-order valence-electron chi connectivity index (χ2n) is 5.77. The van der Waals surface area contributed by atoms with Crippen LogP contribution in [0.2, 0.25) is 0 Å². The van der Waals surface area contributed by atoms with E-state index in [0.29, 0.717) is 17.2 Å². The summed E-state index contributed by atoms with van der Waals surface area (Å²) in [6, 6.07) is 3.56. The van der Waals surface area contributed by atoms with E-state index in [-0.39, 0.29) is 5.84 Å². The van der Waals surface area contributed by atoms with Crippen LogP contribution in [0.1, 0.15) is 45.2 Å². The number of hydrogen-bond donors (Lipinski definition) is 2. The van der Waals surface area contributed by atoms with E-state index in [1.54, 1.807) is 12.3 Å². The van der Waals surface area contributed by atoms with Crippen molar-refractivity contribution in [3.63, 3.8) is 0 Å². The first-order chi connectivity index (χ1) is 8.46. The van der Waals surface area contributed by atoms with Crippen molar-refractivity contribution in [2.75, 3.05) is 0 Å². The summed E-state index contributed by atoms with van der Waals surface area (Å²) in [5, 5.41) is 7.28. The molecule has 4 nitrogen and oxygen atoms in total. The maximum Gasteiger partial charge on any atom is 0.141 e. The molecular formula is C14H21N3O. The molecule has 0 saturated heterocycles. The third kappa shape index (κ3) is 3.22. The van der Waals surface area contributed by atoms with Gasteiger partial charge in [-0.25, -0.2) is 4.98 Å². The zero-order valence-corrected chi connectivity index (χ0v) is 11.1. The van der Waals surface area contributed by atoms with Crippen LogP contribution in [0.4, 0.5) is 0 Å². The molecule has 98 valence electrons. The fourth-order valence-corrected chi connectivity index (χ4v) is 2.29. The Morgan fingerprint density at radius 1 is 1.39 bits per heavy atom. The van der Waals surface area contributed by atoms with Gasteiger partial charge < -0.3 is 10.5 Å². The predicted molar refractivity (Wildman–Crippen MR) is 71.9 cm³/mol. The van der Waals surface area contributed by atoms with Gasteiger partial charge in [0.25, 0.3) is 0 Å². The fraction of sp³-hybridized carbons (Fsp3) is 0.571. The molecule has 18 heavy (non-hydrogen) atoms. The number of nitrogens with zero attached hydrogens (tertiary/aromatic N) is 1. The highest BCUT2D eigenvalue weighted by atomic mass is 16.5. The molecule has 1 fully saturated rings. The molecule has 1 aromatic rings. The summed E-state index contributed by atoms with van der Waals surface area (Å²) >= 11 is 0. The van der Waals surface area contributed by atoms with E-state index in [4.69, 9.17) is 15.9 Å². The van der Waals surface area contributed by atoms with Crippen molar-refractivity contribution in [2.24, 2.45) is 11.1 Å². The Morgan fingerprint density at radius 3 is 2.56 bits per heavy atom. The van der Waals surface area contributed by atoms with Crippen molar-refractivity contribution in [1.82, 2.24) is 4.98 Å². The van der Waals surface area contributed by atoms with Crippen LogP contribution in [0.25, 0.3) is 0 Å². The van der Waals surface area contributed by atoms with Gasteiger partial charge >= 0.3 is 0 Å². The molecule has 2 rings (SSSR count). The molecule has 0 unspecified atom stereocenters. The Hall–Kier alpha value is -1.58. The first-order valence-corrected chi connectivity index (χ1v) is 6.43. The first kappa shape index (κ1) is 12.9. The summed E-state index contributed by atoms with van der Waals surface area (Å²) in [4.78, 5) is 4.10. The van der Waals surface area contributed by atoms with Crippen LogP contribution >= 0.6 is 0 Å². The Morgan fingerprint density at radius 2 is 2.06 bits per heavy atom. The average Bonchev–Trinajstić information content (AvgIpc) is 2.33. The maximum atomic E-state index is 7.28. The predicted octanol–water partition coefficient (Wildman–Crippen LogP) is 2.71. The summed E-state index contributed by atoms with van der Waals surface area (Å²) in [5.41, 5.74) is 6.31. The minimum atomic E-state index is -0.0130. The number of nitrogens with two attached hydrogens (primary N) is 1. The van der Waals surface area contributed by atoms with Gasteiger partial charge in [-0.3, -0.25) is 5.41 Å². The third-order valence-electron chi connectivity index (χ3n) is 3.60. The topological polar surface area (TPSA) is 72.0 Å². The fourth-order valence-electron chi connectivity index (χ4n) is 2.29. The normalized spacial score (nSPS) is 19.4. The van der Waals surface area contributed by atoms with Crippen LogP contribution < -0.4 is 10.5 Å². The molecule has 4 heteroatoms. The molecule has 1 aliphatic carbocycles. The molecule has 0 atom stereocenters. The lowest BCUT2D eigenvalue weighted by Gasteiger charge is -2.34. The van der Waals surface area contributed by atoms with Crippen molar-refractivity contribution >= 4 is 5.84 Å². The van der Waals surface area contributed by atoms with E-state index >= 15 is 0 Å². The van der Waals surface area contributed by atoms with Gasteiger partial charge in [0.2, 0.25) is 0 Å². The van der Waals surface area contributed by atoms with Crippen LogP contribution in [0.5, 0.6) is 5.75 Å². The van der Waals surface area contributed by atoms with Gasteiger partial charge in [0.05, 0.1) is 12.3 Å². The lowest BCUT2D eigenvalue weighted by atomic mass is 9.76. The zero-order valence-electron chi connectivity index (χ0n) is 11.1. The number of aromatic nitrogens is 1. The van der Waals surface area contributed by atoms with E-state index in [0.717, 1.165) is 18.6 Å². The molecule has 1 aliphatic rings. The Balaban J connectivity index is 1.92. The second kappa shape index (κ2) is 4.96. The Kier molecular flexibility index (Phi) is 3.55. The van der Waals surface area contributed by atoms with E-state index in [9.17, 15) is 0 Å². The lowest BCUT2D eigenvalue weighted by molar-refractivity contribution is 0.0984. The summed E-state index contributed by atoms with van der Waals surface area (Å²) in [7, 11) is 0.